The standard InChI is InChI=1S/C18H21F3N4O4/c1-23-16(18(19,20)21)22-25(17(23)27)11-6-8-24(9-7-11)15(26)13-5-4-12(28-2)10-14(13)29-3/h4-5,10-11H,6-9H2,1-3H3. The molecule has 0 unspecified atom stereocenters. The molecule has 1 saturated heterocycles. The van der Waals surface area contributed by atoms with Crippen LogP contribution in [0.3, 0.4) is 0 Å². The average Bonchev–Trinajstić information content (AvgIpc) is 3.02. The third-order valence-corrected chi connectivity index (χ3v) is 4.99. The molecule has 1 aliphatic rings. The zero-order valence-corrected chi connectivity index (χ0v) is 16.2. The monoisotopic (exact) mass is 414 g/mol. The first-order chi connectivity index (χ1) is 13.7. The van der Waals surface area contributed by atoms with Gasteiger partial charge in [0.25, 0.3) is 5.91 Å². The van der Waals surface area contributed by atoms with E-state index in [1.807, 2.05) is 0 Å². The Morgan fingerprint density at radius 2 is 1.83 bits per heavy atom. The van der Waals surface area contributed by atoms with Gasteiger partial charge in [-0.25, -0.2) is 9.48 Å². The highest BCUT2D eigenvalue weighted by Crippen LogP contribution is 2.30. The third-order valence-electron chi connectivity index (χ3n) is 4.99. The van der Waals surface area contributed by atoms with Gasteiger partial charge in [0.2, 0.25) is 5.82 Å². The molecule has 0 saturated carbocycles. The van der Waals surface area contributed by atoms with Gasteiger partial charge in [0.05, 0.1) is 25.8 Å². The summed E-state index contributed by atoms with van der Waals surface area (Å²) in [6.07, 6.45) is -4.07. The summed E-state index contributed by atoms with van der Waals surface area (Å²) < 4.78 is 50.7. The zero-order valence-electron chi connectivity index (χ0n) is 16.2. The Morgan fingerprint density at radius 1 is 1.17 bits per heavy atom. The smallest absolute Gasteiger partial charge is 0.451 e. The molecule has 158 valence electrons. The lowest BCUT2D eigenvalue weighted by Gasteiger charge is -2.32. The fraction of sp³-hybridized carbons (Fsp3) is 0.500. The number of ether oxygens (including phenoxy) is 2. The van der Waals surface area contributed by atoms with Crippen LogP contribution in [0.2, 0.25) is 0 Å². The van der Waals surface area contributed by atoms with Gasteiger partial charge in [-0.3, -0.25) is 9.36 Å². The fourth-order valence-electron chi connectivity index (χ4n) is 3.40. The minimum Gasteiger partial charge on any atom is -0.497 e. The number of hydrogen-bond donors (Lipinski definition) is 0. The maximum absolute atomic E-state index is 13.0. The van der Waals surface area contributed by atoms with Crippen LogP contribution in [-0.2, 0) is 13.2 Å². The Balaban J connectivity index is 1.75. The Bertz CT molecular complexity index is 959. The number of carbonyl (C=O) groups is 1. The number of benzene rings is 1. The van der Waals surface area contributed by atoms with Crippen LogP contribution in [0.15, 0.2) is 23.0 Å². The minimum atomic E-state index is -4.71. The Hall–Kier alpha value is -2.98. The molecule has 2 heterocycles. The molecule has 1 aromatic heterocycles. The number of amides is 1. The number of nitrogens with zero attached hydrogens (tertiary/aromatic N) is 4. The van der Waals surface area contributed by atoms with Crippen LogP contribution in [0.4, 0.5) is 13.2 Å². The molecule has 0 N–H and O–H groups in total. The predicted octanol–water partition coefficient (Wildman–Crippen LogP) is 2.10. The van der Waals surface area contributed by atoms with Gasteiger partial charge >= 0.3 is 11.9 Å². The number of piperidine rings is 1. The lowest BCUT2D eigenvalue weighted by Crippen LogP contribution is -2.41. The number of rotatable bonds is 4. The molecule has 29 heavy (non-hydrogen) atoms. The van der Waals surface area contributed by atoms with Crippen molar-refractivity contribution in [3.05, 3.63) is 40.1 Å². The first-order valence-electron chi connectivity index (χ1n) is 8.91. The van der Waals surface area contributed by atoms with Gasteiger partial charge in [-0.2, -0.15) is 13.2 Å². The summed E-state index contributed by atoms with van der Waals surface area (Å²) in [5.41, 5.74) is -0.458. The summed E-state index contributed by atoms with van der Waals surface area (Å²) in [6.45, 7) is 0.562. The van der Waals surface area contributed by atoms with Gasteiger partial charge in [-0.15, -0.1) is 5.10 Å². The molecule has 2 aromatic rings. The van der Waals surface area contributed by atoms with Gasteiger partial charge in [0.1, 0.15) is 11.5 Å². The number of likely N-dealkylation sites (tertiary alicyclic amines) is 1. The second-order valence-corrected chi connectivity index (χ2v) is 6.70. The van der Waals surface area contributed by atoms with E-state index in [1.165, 1.54) is 14.2 Å². The maximum atomic E-state index is 13.0. The molecule has 0 spiro atoms. The number of methoxy groups -OCH3 is 2. The molecule has 0 aliphatic carbocycles. The molecule has 8 nitrogen and oxygen atoms in total. The quantitative estimate of drug-likeness (QED) is 0.766. The number of hydrogen-bond acceptors (Lipinski definition) is 5. The van der Waals surface area contributed by atoms with E-state index in [0.29, 0.717) is 34.5 Å². The van der Waals surface area contributed by atoms with Gasteiger partial charge in [-0.05, 0) is 25.0 Å². The van der Waals surface area contributed by atoms with E-state index < -0.39 is 23.7 Å². The van der Waals surface area contributed by atoms with E-state index in [2.05, 4.69) is 5.10 Å². The third kappa shape index (κ3) is 3.94. The van der Waals surface area contributed by atoms with Crippen LogP contribution < -0.4 is 15.2 Å². The van der Waals surface area contributed by atoms with Crippen LogP contribution in [0, 0.1) is 0 Å². The Labute approximate surface area is 164 Å². The van der Waals surface area contributed by atoms with E-state index >= 15 is 0 Å². The molecule has 1 fully saturated rings. The average molecular weight is 414 g/mol. The van der Waals surface area contributed by atoms with Gasteiger partial charge in [0, 0.05) is 26.2 Å². The van der Waals surface area contributed by atoms with E-state index in [0.717, 1.165) is 11.7 Å². The lowest BCUT2D eigenvalue weighted by molar-refractivity contribution is -0.147. The van der Waals surface area contributed by atoms with Crippen molar-refractivity contribution in [3.63, 3.8) is 0 Å². The van der Waals surface area contributed by atoms with Crippen molar-refractivity contribution in [2.24, 2.45) is 7.05 Å². The van der Waals surface area contributed by atoms with Crippen LogP contribution >= 0.6 is 0 Å². The van der Waals surface area contributed by atoms with Crippen molar-refractivity contribution < 1.29 is 27.4 Å². The van der Waals surface area contributed by atoms with E-state index in [9.17, 15) is 22.8 Å². The minimum absolute atomic E-state index is 0.257. The lowest BCUT2D eigenvalue weighted by atomic mass is 10.0. The summed E-state index contributed by atoms with van der Waals surface area (Å²) in [4.78, 5) is 26.6. The SMILES string of the molecule is COc1ccc(C(=O)N2CCC(n3nc(C(F)(F)F)n(C)c3=O)CC2)c(OC)c1. The fourth-order valence-corrected chi connectivity index (χ4v) is 3.40. The first kappa shape index (κ1) is 20.7. The zero-order chi connectivity index (χ0) is 21.3. The predicted molar refractivity (Wildman–Crippen MR) is 96.2 cm³/mol. The first-order valence-corrected chi connectivity index (χ1v) is 8.91. The highest BCUT2D eigenvalue weighted by atomic mass is 19.4. The van der Waals surface area contributed by atoms with Gasteiger partial charge < -0.3 is 14.4 Å². The van der Waals surface area contributed by atoms with Gasteiger partial charge in [0.15, 0.2) is 0 Å². The van der Waals surface area contributed by atoms with Crippen LogP contribution in [0.5, 0.6) is 11.5 Å². The van der Waals surface area contributed by atoms with E-state index in [4.69, 9.17) is 9.47 Å². The number of aromatic nitrogens is 3. The molecule has 1 aliphatic heterocycles. The molecule has 1 aromatic carbocycles. The summed E-state index contributed by atoms with van der Waals surface area (Å²) in [5.74, 6) is -0.574. The topological polar surface area (TPSA) is 78.6 Å². The number of alkyl halides is 3. The Kier molecular flexibility index (Phi) is 5.58. The summed E-state index contributed by atoms with van der Waals surface area (Å²) in [6, 6.07) is 4.35. The van der Waals surface area contributed by atoms with Crippen molar-refractivity contribution in [3.8, 4) is 11.5 Å². The molecular formula is C18H21F3N4O4. The summed E-state index contributed by atoms with van der Waals surface area (Å²) in [5, 5.41) is 3.48. The summed E-state index contributed by atoms with van der Waals surface area (Å²) in [7, 11) is 4.00. The molecule has 0 radical (unpaired) electrons. The van der Waals surface area contributed by atoms with Crippen LogP contribution in [0.1, 0.15) is 35.1 Å². The van der Waals surface area contributed by atoms with Crippen molar-refractivity contribution in [1.29, 1.82) is 0 Å². The molecule has 0 bridgehead atoms. The van der Waals surface area contributed by atoms with E-state index in [-0.39, 0.29) is 19.0 Å². The highest BCUT2D eigenvalue weighted by molar-refractivity contribution is 5.97. The molecular weight excluding hydrogens is 393 g/mol. The van der Waals surface area contributed by atoms with Crippen molar-refractivity contribution in [2.45, 2.75) is 25.1 Å². The number of carbonyl (C=O) groups excluding carboxylic acids is 1. The largest absolute Gasteiger partial charge is 0.497 e. The van der Waals surface area contributed by atoms with Crippen molar-refractivity contribution in [1.82, 2.24) is 19.2 Å². The van der Waals surface area contributed by atoms with E-state index in [1.54, 1.807) is 23.1 Å². The molecule has 0 atom stereocenters. The van der Waals surface area contributed by atoms with Crippen LogP contribution in [0.25, 0.3) is 0 Å². The highest BCUT2D eigenvalue weighted by Gasteiger charge is 2.39. The Morgan fingerprint density at radius 3 is 2.34 bits per heavy atom. The van der Waals surface area contributed by atoms with Crippen LogP contribution in [-0.4, -0.2) is 52.5 Å². The molecule has 1 amide bonds. The second kappa shape index (κ2) is 7.80. The van der Waals surface area contributed by atoms with Crippen molar-refractivity contribution >= 4 is 5.91 Å². The second-order valence-electron chi connectivity index (χ2n) is 6.70. The van der Waals surface area contributed by atoms with Crippen molar-refractivity contribution in [2.75, 3.05) is 27.3 Å². The summed E-state index contributed by atoms with van der Waals surface area (Å²) >= 11 is 0. The maximum Gasteiger partial charge on any atom is 0.451 e. The molecule has 3 rings (SSSR count). The molecule has 11 heteroatoms. The number of halogens is 3. The normalized spacial score (nSPS) is 15.4. The van der Waals surface area contributed by atoms with Gasteiger partial charge in [-0.1, -0.05) is 0 Å².